The van der Waals surface area contributed by atoms with E-state index >= 15 is 0 Å². The maximum absolute atomic E-state index is 5.65. The van der Waals surface area contributed by atoms with E-state index in [1.807, 2.05) is 0 Å². The van der Waals surface area contributed by atoms with Crippen molar-refractivity contribution in [3.63, 3.8) is 0 Å². The van der Waals surface area contributed by atoms with Crippen LogP contribution in [0.3, 0.4) is 0 Å². The molecule has 0 saturated heterocycles. The Morgan fingerprint density at radius 2 is 1.95 bits per heavy atom. The highest BCUT2D eigenvalue weighted by atomic mass is 16.5. The van der Waals surface area contributed by atoms with E-state index in [-0.39, 0.29) is 0 Å². The van der Waals surface area contributed by atoms with Crippen LogP contribution in [-0.2, 0) is 22.6 Å². The largest absolute Gasteiger partial charge is 0.382 e. The molecule has 0 atom stereocenters. The maximum Gasteiger partial charge on any atom is 0.0700 e. The number of nitrogens with two attached hydrogens (primary N) is 1. The molecule has 0 amide bonds. The van der Waals surface area contributed by atoms with Gasteiger partial charge in [-0.1, -0.05) is 24.3 Å². The summed E-state index contributed by atoms with van der Waals surface area (Å²) in [6.07, 6.45) is 1.04. The third-order valence-corrected chi connectivity index (χ3v) is 2.94. The molecular formula is C15H26N2O2. The number of rotatable bonds is 10. The highest BCUT2D eigenvalue weighted by Crippen LogP contribution is 2.07. The van der Waals surface area contributed by atoms with E-state index in [0.29, 0.717) is 19.8 Å². The first kappa shape index (κ1) is 16.1. The quantitative estimate of drug-likeness (QED) is 0.654. The van der Waals surface area contributed by atoms with Crippen LogP contribution in [0.1, 0.15) is 17.5 Å². The molecule has 0 heterocycles. The molecular weight excluding hydrogens is 240 g/mol. The second-order valence-corrected chi connectivity index (χ2v) is 4.72. The Labute approximate surface area is 116 Å². The van der Waals surface area contributed by atoms with Crippen LogP contribution in [0.4, 0.5) is 0 Å². The Balaban J connectivity index is 2.17. The third kappa shape index (κ3) is 7.28. The molecule has 1 aromatic carbocycles. The van der Waals surface area contributed by atoms with Gasteiger partial charge >= 0.3 is 0 Å². The van der Waals surface area contributed by atoms with Crippen LogP contribution in [0.5, 0.6) is 0 Å². The Morgan fingerprint density at radius 3 is 2.68 bits per heavy atom. The van der Waals surface area contributed by atoms with Gasteiger partial charge in [-0.05, 0) is 24.6 Å². The van der Waals surface area contributed by atoms with Gasteiger partial charge in [0.1, 0.15) is 0 Å². The van der Waals surface area contributed by atoms with E-state index in [0.717, 1.165) is 26.1 Å². The molecule has 0 bridgehead atoms. The molecule has 0 spiro atoms. The van der Waals surface area contributed by atoms with Crippen molar-refractivity contribution >= 4 is 0 Å². The lowest BCUT2D eigenvalue weighted by Gasteiger charge is -2.17. The molecule has 0 aliphatic rings. The molecule has 0 radical (unpaired) electrons. The Morgan fingerprint density at radius 1 is 1.16 bits per heavy atom. The summed E-state index contributed by atoms with van der Waals surface area (Å²) in [6, 6.07) is 8.45. The van der Waals surface area contributed by atoms with Crippen molar-refractivity contribution in [1.29, 1.82) is 0 Å². The van der Waals surface area contributed by atoms with Crippen molar-refractivity contribution in [2.75, 3.05) is 40.5 Å². The first-order valence-corrected chi connectivity index (χ1v) is 6.79. The summed E-state index contributed by atoms with van der Waals surface area (Å²) in [7, 11) is 3.82. The predicted octanol–water partition coefficient (Wildman–Crippen LogP) is 1.63. The van der Waals surface area contributed by atoms with Crippen LogP contribution >= 0.6 is 0 Å². The van der Waals surface area contributed by atoms with Gasteiger partial charge in [-0.15, -0.1) is 0 Å². The van der Waals surface area contributed by atoms with Crippen LogP contribution in [-0.4, -0.2) is 45.4 Å². The van der Waals surface area contributed by atoms with Gasteiger partial charge in [0.25, 0.3) is 0 Å². The fourth-order valence-corrected chi connectivity index (χ4v) is 1.93. The summed E-state index contributed by atoms with van der Waals surface area (Å²) in [6.45, 7) is 4.72. The Hall–Kier alpha value is -0.940. The molecule has 0 aliphatic heterocycles. The molecule has 19 heavy (non-hydrogen) atoms. The fraction of sp³-hybridized carbons (Fsp3) is 0.600. The molecule has 1 aromatic rings. The zero-order chi connectivity index (χ0) is 13.9. The normalized spacial score (nSPS) is 11.2. The average molecular weight is 266 g/mol. The molecule has 4 nitrogen and oxygen atoms in total. The van der Waals surface area contributed by atoms with Crippen LogP contribution in [0, 0.1) is 0 Å². The lowest BCUT2D eigenvalue weighted by Crippen LogP contribution is -2.20. The molecule has 2 N–H and O–H groups in total. The zero-order valence-corrected chi connectivity index (χ0v) is 12.1. The number of hydrogen-bond acceptors (Lipinski definition) is 4. The van der Waals surface area contributed by atoms with Gasteiger partial charge in [0.2, 0.25) is 0 Å². The zero-order valence-electron chi connectivity index (χ0n) is 12.1. The van der Waals surface area contributed by atoms with Crippen LogP contribution in [0.2, 0.25) is 0 Å². The molecule has 0 aliphatic carbocycles. The van der Waals surface area contributed by atoms with E-state index in [4.69, 9.17) is 15.2 Å². The number of hydrogen-bond donors (Lipinski definition) is 1. The SMILES string of the molecule is COCCOCCCN(C)Cc1cccc(CN)c1. The van der Waals surface area contributed by atoms with Crippen molar-refractivity contribution in [3.05, 3.63) is 35.4 Å². The molecule has 0 saturated carbocycles. The van der Waals surface area contributed by atoms with Crippen molar-refractivity contribution in [2.45, 2.75) is 19.5 Å². The summed E-state index contributed by atoms with van der Waals surface area (Å²) in [5.74, 6) is 0. The van der Waals surface area contributed by atoms with Crippen molar-refractivity contribution in [2.24, 2.45) is 5.73 Å². The first-order valence-electron chi connectivity index (χ1n) is 6.79. The van der Waals surface area contributed by atoms with E-state index in [1.54, 1.807) is 7.11 Å². The summed E-state index contributed by atoms with van der Waals surface area (Å²) in [5.41, 5.74) is 8.15. The summed E-state index contributed by atoms with van der Waals surface area (Å²) in [5, 5.41) is 0. The number of methoxy groups -OCH3 is 1. The van der Waals surface area contributed by atoms with Gasteiger partial charge in [-0.3, -0.25) is 0 Å². The fourth-order valence-electron chi connectivity index (χ4n) is 1.93. The molecule has 0 aromatic heterocycles. The van der Waals surface area contributed by atoms with E-state index in [2.05, 4.69) is 36.2 Å². The summed E-state index contributed by atoms with van der Waals surface area (Å²) < 4.78 is 10.4. The number of nitrogens with zero attached hydrogens (tertiary/aromatic N) is 1. The number of benzene rings is 1. The van der Waals surface area contributed by atoms with Crippen molar-refractivity contribution in [3.8, 4) is 0 Å². The highest BCUT2D eigenvalue weighted by molar-refractivity contribution is 5.23. The lowest BCUT2D eigenvalue weighted by atomic mass is 10.1. The van der Waals surface area contributed by atoms with Crippen molar-refractivity contribution in [1.82, 2.24) is 4.90 Å². The molecule has 0 fully saturated rings. The van der Waals surface area contributed by atoms with E-state index in [1.165, 1.54) is 11.1 Å². The van der Waals surface area contributed by atoms with Crippen molar-refractivity contribution < 1.29 is 9.47 Å². The van der Waals surface area contributed by atoms with Gasteiger partial charge < -0.3 is 20.1 Å². The third-order valence-electron chi connectivity index (χ3n) is 2.94. The van der Waals surface area contributed by atoms with Gasteiger partial charge in [-0.25, -0.2) is 0 Å². The molecule has 1 rings (SSSR count). The minimum Gasteiger partial charge on any atom is -0.382 e. The standard InChI is InChI=1S/C15H26N2O2/c1-17(7-4-8-19-10-9-18-2)13-15-6-3-5-14(11-15)12-16/h3,5-6,11H,4,7-10,12-13,16H2,1-2H3. The second-order valence-electron chi connectivity index (χ2n) is 4.72. The molecule has 0 unspecified atom stereocenters. The average Bonchev–Trinajstić information content (AvgIpc) is 2.43. The van der Waals surface area contributed by atoms with Crippen LogP contribution < -0.4 is 5.73 Å². The monoisotopic (exact) mass is 266 g/mol. The number of ether oxygens (including phenoxy) is 2. The highest BCUT2D eigenvalue weighted by Gasteiger charge is 2.01. The van der Waals surface area contributed by atoms with Crippen LogP contribution in [0.25, 0.3) is 0 Å². The van der Waals surface area contributed by atoms with E-state index in [9.17, 15) is 0 Å². The van der Waals surface area contributed by atoms with Gasteiger partial charge in [0, 0.05) is 33.4 Å². The van der Waals surface area contributed by atoms with Gasteiger partial charge in [0.15, 0.2) is 0 Å². The van der Waals surface area contributed by atoms with Gasteiger partial charge in [-0.2, -0.15) is 0 Å². The summed E-state index contributed by atoms with van der Waals surface area (Å²) in [4.78, 5) is 2.30. The van der Waals surface area contributed by atoms with E-state index < -0.39 is 0 Å². The maximum atomic E-state index is 5.65. The molecule has 108 valence electrons. The molecule has 4 heteroatoms. The first-order chi connectivity index (χ1) is 9.26. The van der Waals surface area contributed by atoms with Gasteiger partial charge in [0.05, 0.1) is 13.2 Å². The Bertz CT molecular complexity index is 345. The lowest BCUT2D eigenvalue weighted by molar-refractivity contribution is 0.0660. The smallest absolute Gasteiger partial charge is 0.0700 e. The second kappa shape index (κ2) is 9.92. The predicted molar refractivity (Wildman–Crippen MR) is 78.0 cm³/mol. The minimum absolute atomic E-state index is 0.602. The topological polar surface area (TPSA) is 47.7 Å². The minimum atomic E-state index is 0.602. The summed E-state index contributed by atoms with van der Waals surface area (Å²) >= 11 is 0. The Kier molecular flexibility index (Phi) is 8.41. The van der Waals surface area contributed by atoms with Crippen LogP contribution in [0.15, 0.2) is 24.3 Å².